The number of non-ortho nitro benzene ring substituents is 1. The molecule has 102 valence electrons. The lowest BCUT2D eigenvalue weighted by atomic mass is 10.1. The number of aromatic nitrogens is 2. The van der Waals surface area contributed by atoms with E-state index in [-0.39, 0.29) is 11.6 Å². The fourth-order valence-corrected chi connectivity index (χ4v) is 2.09. The van der Waals surface area contributed by atoms with Gasteiger partial charge >= 0.3 is 0 Å². The predicted octanol–water partition coefficient (Wildman–Crippen LogP) is 1.45. The van der Waals surface area contributed by atoms with Crippen LogP contribution in [-0.2, 0) is 4.79 Å². The summed E-state index contributed by atoms with van der Waals surface area (Å²) in [6.07, 6.45) is -0.505. The zero-order chi connectivity index (χ0) is 14.3. The molecule has 0 aliphatic carbocycles. The van der Waals surface area contributed by atoms with Gasteiger partial charge in [-0.3, -0.25) is 19.8 Å². The molecule has 0 saturated heterocycles. The van der Waals surface area contributed by atoms with Crippen LogP contribution in [0.5, 0.6) is 0 Å². The van der Waals surface area contributed by atoms with E-state index in [1.54, 1.807) is 12.1 Å². The molecular weight excluding hydrogens is 266 g/mol. The molecule has 0 radical (unpaired) electrons. The smallest absolute Gasteiger partial charge is 0.269 e. The maximum absolute atomic E-state index is 11.7. The van der Waals surface area contributed by atoms with Crippen molar-refractivity contribution in [3.8, 4) is 0 Å². The van der Waals surface area contributed by atoms with E-state index in [1.807, 2.05) is 0 Å². The van der Waals surface area contributed by atoms with Gasteiger partial charge in [0.1, 0.15) is 6.17 Å². The number of benzene rings is 1. The third-order valence-electron chi connectivity index (χ3n) is 2.99. The Morgan fingerprint density at radius 3 is 2.70 bits per heavy atom. The Bertz CT molecular complexity index is 680. The van der Waals surface area contributed by atoms with Gasteiger partial charge in [-0.1, -0.05) is 0 Å². The number of nitro groups is 1. The van der Waals surface area contributed by atoms with Gasteiger partial charge in [-0.15, -0.1) is 0 Å². The first kappa shape index (κ1) is 12.1. The lowest BCUT2D eigenvalue weighted by Crippen LogP contribution is -2.32. The maximum Gasteiger partial charge on any atom is 0.269 e. The molecule has 3 rings (SSSR count). The van der Waals surface area contributed by atoms with Crippen molar-refractivity contribution in [3.63, 3.8) is 0 Å². The van der Waals surface area contributed by atoms with Crippen LogP contribution in [0.3, 0.4) is 0 Å². The van der Waals surface area contributed by atoms with Gasteiger partial charge in [-0.25, -0.2) is 4.63 Å². The molecule has 1 amide bonds. The molecule has 1 N–H and O–H groups in total. The zero-order valence-corrected chi connectivity index (χ0v) is 10.3. The monoisotopic (exact) mass is 275 g/mol. The Hall–Kier alpha value is -2.97. The minimum atomic E-state index is -0.505. The lowest BCUT2D eigenvalue weighted by Gasteiger charge is -2.22. The van der Waals surface area contributed by atoms with Gasteiger partial charge in [0.15, 0.2) is 0 Å². The van der Waals surface area contributed by atoms with Crippen LogP contribution in [0.1, 0.15) is 18.7 Å². The Morgan fingerprint density at radius 2 is 2.10 bits per heavy atom. The lowest BCUT2D eigenvalue weighted by molar-refractivity contribution is -0.384. The van der Waals surface area contributed by atoms with Gasteiger partial charge < -0.3 is 5.32 Å². The molecule has 0 bridgehead atoms. The highest BCUT2D eigenvalue weighted by Gasteiger charge is 2.37. The number of carbonyl (C=O) groups excluding carboxylic acids is 1. The SMILES string of the molecule is CC(=O)N1c2nonc2NC1c1ccc([N+](=O)[O-])cc1. The quantitative estimate of drug-likeness (QED) is 0.651. The van der Waals surface area contributed by atoms with Gasteiger partial charge in [-0.2, -0.15) is 0 Å². The molecule has 9 heteroatoms. The zero-order valence-electron chi connectivity index (χ0n) is 10.3. The summed E-state index contributed by atoms with van der Waals surface area (Å²) in [7, 11) is 0. The highest BCUT2D eigenvalue weighted by Crippen LogP contribution is 2.38. The van der Waals surface area contributed by atoms with Crippen LogP contribution in [0.25, 0.3) is 0 Å². The largest absolute Gasteiger partial charge is 0.340 e. The Balaban J connectivity index is 1.96. The van der Waals surface area contributed by atoms with Gasteiger partial charge in [0.05, 0.1) is 4.92 Å². The number of amides is 1. The minimum Gasteiger partial charge on any atom is -0.340 e. The van der Waals surface area contributed by atoms with Crippen molar-refractivity contribution in [1.29, 1.82) is 0 Å². The predicted molar refractivity (Wildman–Crippen MR) is 66.9 cm³/mol. The van der Waals surface area contributed by atoms with Crippen molar-refractivity contribution in [2.24, 2.45) is 0 Å². The number of nitrogens with zero attached hydrogens (tertiary/aromatic N) is 4. The summed E-state index contributed by atoms with van der Waals surface area (Å²) in [5.74, 6) is 0.430. The Kier molecular flexibility index (Phi) is 2.60. The first-order valence-electron chi connectivity index (χ1n) is 5.71. The topological polar surface area (TPSA) is 114 Å². The second kappa shape index (κ2) is 4.30. The van der Waals surface area contributed by atoms with Crippen LogP contribution in [0.15, 0.2) is 28.9 Å². The minimum absolute atomic E-state index is 0.0145. The number of anilines is 2. The van der Waals surface area contributed by atoms with Gasteiger partial charge in [0.25, 0.3) is 5.69 Å². The van der Waals surface area contributed by atoms with E-state index in [0.717, 1.165) is 0 Å². The number of fused-ring (bicyclic) bond motifs is 1. The number of hydrogen-bond acceptors (Lipinski definition) is 7. The summed E-state index contributed by atoms with van der Waals surface area (Å²) in [6, 6.07) is 5.91. The molecule has 1 aromatic heterocycles. The molecule has 0 spiro atoms. The average molecular weight is 275 g/mol. The summed E-state index contributed by atoms with van der Waals surface area (Å²) >= 11 is 0. The molecule has 1 aliphatic rings. The second-order valence-electron chi connectivity index (χ2n) is 4.22. The van der Waals surface area contributed by atoms with Crippen molar-refractivity contribution in [2.45, 2.75) is 13.1 Å². The molecule has 2 aromatic rings. The summed E-state index contributed by atoms with van der Waals surface area (Å²) < 4.78 is 4.56. The van der Waals surface area contributed by atoms with E-state index in [0.29, 0.717) is 17.2 Å². The van der Waals surface area contributed by atoms with Crippen LogP contribution < -0.4 is 10.2 Å². The normalized spacial score (nSPS) is 16.6. The number of rotatable bonds is 2. The molecule has 9 nitrogen and oxygen atoms in total. The molecule has 2 heterocycles. The molecular formula is C11H9N5O4. The summed E-state index contributed by atoms with van der Waals surface area (Å²) in [6.45, 7) is 1.39. The standard InChI is InChI=1S/C11H9N5O4/c1-6(17)15-10(12-9-11(15)14-20-13-9)7-2-4-8(5-3-7)16(18)19/h2-5,10H,1H3,(H,12,13). The Morgan fingerprint density at radius 1 is 1.40 bits per heavy atom. The number of carbonyl (C=O) groups is 1. The fraction of sp³-hybridized carbons (Fsp3) is 0.182. The molecule has 1 aromatic carbocycles. The van der Waals surface area contributed by atoms with Crippen LogP contribution >= 0.6 is 0 Å². The van der Waals surface area contributed by atoms with Gasteiger partial charge in [0.2, 0.25) is 17.5 Å². The van der Waals surface area contributed by atoms with Crippen molar-refractivity contribution in [1.82, 2.24) is 10.3 Å². The molecule has 1 unspecified atom stereocenters. The van der Waals surface area contributed by atoms with E-state index < -0.39 is 11.1 Å². The van der Waals surface area contributed by atoms with Crippen molar-refractivity contribution < 1.29 is 14.3 Å². The summed E-state index contributed by atoms with van der Waals surface area (Å²) in [5.41, 5.74) is 0.671. The van der Waals surface area contributed by atoms with E-state index in [9.17, 15) is 14.9 Å². The average Bonchev–Trinajstić information content (AvgIpc) is 2.97. The third-order valence-corrected chi connectivity index (χ3v) is 2.99. The first-order valence-corrected chi connectivity index (χ1v) is 5.71. The van der Waals surface area contributed by atoms with E-state index in [4.69, 9.17) is 0 Å². The number of nitro benzene ring substituents is 1. The number of nitrogens with one attached hydrogen (secondary N) is 1. The van der Waals surface area contributed by atoms with Crippen LogP contribution in [-0.4, -0.2) is 21.1 Å². The maximum atomic E-state index is 11.7. The molecule has 0 fully saturated rings. The van der Waals surface area contributed by atoms with E-state index in [2.05, 4.69) is 20.3 Å². The molecule has 20 heavy (non-hydrogen) atoms. The van der Waals surface area contributed by atoms with Crippen molar-refractivity contribution in [2.75, 3.05) is 10.2 Å². The highest BCUT2D eigenvalue weighted by atomic mass is 16.6. The van der Waals surface area contributed by atoms with E-state index >= 15 is 0 Å². The van der Waals surface area contributed by atoms with Gasteiger partial charge in [0, 0.05) is 19.1 Å². The third kappa shape index (κ3) is 1.76. The molecule has 1 atom stereocenters. The van der Waals surface area contributed by atoms with Crippen LogP contribution in [0, 0.1) is 10.1 Å². The van der Waals surface area contributed by atoms with Crippen molar-refractivity contribution >= 4 is 23.2 Å². The fourth-order valence-electron chi connectivity index (χ4n) is 2.09. The van der Waals surface area contributed by atoms with Crippen LogP contribution in [0.2, 0.25) is 0 Å². The number of hydrogen-bond donors (Lipinski definition) is 1. The molecule has 1 aliphatic heterocycles. The Labute approximate surface area is 112 Å². The van der Waals surface area contributed by atoms with Crippen molar-refractivity contribution in [3.05, 3.63) is 39.9 Å². The van der Waals surface area contributed by atoms with Gasteiger partial charge in [-0.05, 0) is 28.0 Å². The van der Waals surface area contributed by atoms with Crippen LogP contribution in [0.4, 0.5) is 17.3 Å². The highest BCUT2D eigenvalue weighted by molar-refractivity contribution is 5.96. The van der Waals surface area contributed by atoms with E-state index in [1.165, 1.54) is 24.0 Å². The first-order chi connectivity index (χ1) is 9.58. The summed E-state index contributed by atoms with van der Waals surface area (Å²) in [5, 5.41) is 20.9. The summed E-state index contributed by atoms with van der Waals surface area (Å²) in [4.78, 5) is 23.3. The molecule has 0 saturated carbocycles. The second-order valence-corrected chi connectivity index (χ2v) is 4.22.